The fourth-order valence-corrected chi connectivity index (χ4v) is 4.91. The van der Waals surface area contributed by atoms with E-state index in [9.17, 15) is 4.79 Å². The van der Waals surface area contributed by atoms with E-state index in [4.69, 9.17) is 0 Å². The highest BCUT2D eigenvalue weighted by Gasteiger charge is 2.39. The Balaban J connectivity index is 2.56. The number of amides is 1. The van der Waals surface area contributed by atoms with Crippen LogP contribution in [0.3, 0.4) is 0 Å². The molecule has 0 aromatic carbocycles. The van der Waals surface area contributed by atoms with E-state index in [0.717, 1.165) is 25.8 Å². The van der Waals surface area contributed by atoms with Crippen LogP contribution in [0.4, 0.5) is 0 Å². The molecule has 1 aliphatic heterocycles. The van der Waals surface area contributed by atoms with Crippen LogP contribution in [-0.2, 0) is 4.79 Å². The number of rotatable bonds is 12. The van der Waals surface area contributed by atoms with Gasteiger partial charge in [0.1, 0.15) is 0 Å². The van der Waals surface area contributed by atoms with Crippen LogP contribution in [0.5, 0.6) is 0 Å². The number of carbonyl (C=O) groups is 1. The predicted octanol–water partition coefficient (Wildman–Crippen LogP) is 5.90. The summed E-state index contributed by atoms with van der Waals surface area (Å²) in [5, 5.41) is 0. The average Bonchev–Trinajstić information content (AvgIpc) is 3.00. The Labute approximate surface area is 149 Å². The molecule has 1 fully saturated rings. The number of carbonyl (C=O) groups excluding carboxylic acids is 1. The van der Waals surface area contributed by atoms with Gasteiger partial charge in [0.25, 0.3) is 0 Å². The van der Waals surface area contributed by atoms with Crippen molar-refractivity contribution in [2.24, 2.45) is 5.41 Å². The molecule has 1 saturated heterocycles. The van der Waals surface area contributed by atoms with Gasteiger partial charge in [-0.15, -0.1) is 0 Å². The molecule has 0 bridgehead atoms. The minimum Gasteiger partial charge on any atom is -0.339 e. The first-order chi connectivity index (χ1) is 11.1. The zero-order valence-corrected chi connectivity index (χ0v) is 16.8. The summed E-state index contributed by atoms with van der Waals surface area (Å²) < 4.78 is 0. The molecule has 1 heterocycles. The molecule has 2 atom stereocenters. The first-order valence-electron chi connectivity index (χ1n) is 9.97. The molecule has 0 aliphatic carbocycles. The van der Waals surface area contributed by atoms with E-state index in [-0.39, 0.29) is 5.41 Å². The molecule has 23 heavy (non-hydrogen) atoms. The topological polar surface area (TPSA) is 20.3 Å². The van der Waals surface area contributed by atoms with Gasteiger partial charge in [-0.05, 0) is 50.0 Å². The summed E-state index contributed by atoms with van der Waals surface area (Å²) in [5.41, 5.74) is -0.122. The van der Waals surface area contributed by atoms with Crippen molar-refractivity contribution >= 4 is 17.7 Å². The molecule has 0 N–H and O–H groups in total. The quantitative estimate of drug-likeness (QED) is 0.412. The normalized spacial score (nSPS) is 20.7. The average molecular weight is 342 g/mol. The van der Waals surface area contributed by atoms with Gasteiger partial charge in [0.05, 0.1) is 0 Å². The van der Waals surface area contributed by atoms with Crippen molar-refractivity contribution in [3.8, 4) is 0 Å². The van der Waals surface area contributed by atoms with Gasteiger partial charge in [-0.2, -0.15) is 11.8 Å². The van der Waals surface area contributed by atoms with Crippen molar-refractivity contribution in [1.82, 2.24) is 4.90 Å². The van der Waals surface area contributed by atoms with E-state index in [1.807, 2.05) is 0 Å². The van der Waals surface area contributed by atoms with Gasteiger partial charge in [-0.3, -0.25) is 4.79 Å². The molecule has 0 spiro atoms. The van der Waals surface area contributed by atoms with Gasteiger partial charge in [-0.1, -0.05) is 53.4 Å². The van der Waals surface area contributed by atoms with E-state index >= 15 is 0 Å². The summed E-state index contributed by atoms with van der Waals surface area (Å²) in [4.78, 5) is 15.5. The zero-order valence-electron chi connectivity index (χ0n) is 16.0. The molecule has 136 valence electrons. The predicted molar refractivity (Wildman–Crippen MR) is 104 cm³/mol. The smallest absolute Gasteiger partial charge is 0.228 e. The molecule has 0 saturated carbocycles. The second-order valence-electron chi connectivity index (χ2n) is 7.46. The lowest BCUT2D eigenvalue weighted by atomic mass is 9.79. The van der Waals surface area contributed by atoms with Gasteiger partial charge >= 0.3 is 0 Å². The molecular weight excluding hydrogens is 302 g/mol. The second kappa shape index (κ2) is 11.4. The highest BCUT2D eigenvalue weighted by Crippen LogP contribution is 2.35. The Morgan fingerprint density at radius 1 is 1.09 bits per heavy atom. The Morgan fingerprint density at radius 2 is 1.83 bits per heavy atom. The highest BCUT2D eigenvalue weighted by atomic mass is 32.2. The largest absolute Gasteiger partial charge is 0.339 e. The molecule has 1 rings (SSSR count). The molecule has 0 unspecified atom stereocenters. The van der Waals surface area contributed by atoms with Crippen LogP contribution in [0.1, 0.15) is 91.9 Å². The Bertz CT molecular complexity index is 334. The summed E-state index contributed by atoms with van der Waals surface area (Å²) in [6.07, 6.45) is 11.8. The Kier molecular flexibility index (Phi) is 10.3. The van der Waals surface area contributed by atoms with Gasteiger partial charge in [0, 0.05) is 18.0 Å². The number of nitrogens with zero attached hydrogens (tertiary/aromatic N) is 1. The summed E-state index contributed by atoms with van der Waals surface area (Å²) in [6, 6.07) is 0.509. The molecule has 1 aliphatic rings. The third kappa shape index (κ3) is 6.68. The summed E-state index contributed by atoms with van der Waals surface area (Å²) in [7, 11) is 0. The third-order valence-corrected chi connectivity index (χ3v) is 6.38. The molecule has 0 aromatic heterocycles. The monoisotopic (exact) mass is 341 g/mol. The lowest BCUT2D eigenvalue weighted by Crippen LogP contribution is -2.45. The van der Waals surface area contributed by atoms with Gasteiger partial charge in [-0.25, -0.2) is 0 Å². The van der Waals surface area contributed by atoms with Crippen LogP contribution < -0.4 is 0 Å². The highest BCUT2D eigenvalue weighted by molar-refractivity contribution is 7.99. The molecule has 3 heteroatoms. The maximum Gasteiger partial charge on any atom is 0.228 e. The van der Waals surface area contributed by atoms with Crippen molar-refractivity contribution in [3.63, 3.8) is 0 Å². The van der Waals surface area contributed by atoms with Gasteiger partial charge in [0.2, 0.25) is 5.91 Å². The van der Waals surface area contributed by atoms with Crippen molar-refractivity contribution in [2.75, 3.05) is 18.1 Å². The van der Waals surface area contributed by atoms with Crippen LogP contribution in [0.2, 0.25) is 0 Å². The minimum atomic E-state index is -0.122. The third-order valence-electron chi connectivity index (χ3n) is 5.28. The first-order valence-corrected chi connectivity index (χ1v) is 11.1. The van der Waals surface area contributed by atoms with E-state index in [1.165, 1.54) is 56.5 Å². The van der Waals surface area contributed by atoms with Crippen LogP contribution in [-0.4, -0.2) is 34.9 Å². The minimum absolute atomic E-state index is 0.122. The maximum absolute atomic E-state index is 13.2. The fourth-order valence-electron chi connectivity index (χ4n) is 3.78. The van der Waals surface area contributed by atoms with Crippen LogP contribution in [0.15, 0.2) is 0 Å². The first kappa shape index (κ1) is 20.9. The van der Waals surface area contributed by atoms with E-state index in [2.05, 4.69) is 44.4 Å². The SMILES string of the molecule is CCCCSCC[C@@H]1CCCN1C(=O)[C@@](C)(CCC)CCCC. The van der Waals surface area contributed by atoms with Crippen LogP contribution >= 0.6 is 11.8 Å². The van der Waals surface area contributed by atoms with Gasteiger partial charge < -0.3 is 4.90 Å². The molecule has 0 radical (unpaired) electrons. The Hall–Kier alpha value is -0.180. The summed E-state index contributed by atoms with van der Waals surface area (Å²) in [5.74, 6) is 2.95. The van der Waals surface area contributed by atoms with Crippen molar-refractivity contribution in [3.05, 3.63) is 0 Å². The van der Waals surface area contributed by atoms with Gasteiger partial charge in [0.15, 0.2) is 0 Å². The number of hydrogen-bond acceptors (Lipinski definition) is 2. The van der Waals surface area contributed by atoms with Crippen molar-refractivity contribution in [1.29, 1.82) is 0 Å². The van der Waals surface area contributed by atoms with E-state index in [0.29, 0.717) is 11.9 Å². The lowest BCUT2D eigenvalue weighted by molar-refractivity contribution is -0.143. The number of likely N-dealkylation sites (tertiary alicyclic amines) is 1. The number of hydrogen-bond donors (Lipinski definition) is 0. The summed E-state index contributed by atoms with van der Waals surface area (Å²) >= 11 is 2.07. The molecule has 2 nitrogen and oxygen atoms in total. The van der Waals surface area contributed by atoms with E-state index < -0.39 is 0 Å². The molecule has 1 amide bonds. The van der Waals surface area contributed by atoms with Crippen molar-refractivity contribution in [2.45, 2.75) is 97.9 Å². The zero-order chi connectivity index (χ0) is 17.1. The Morgan fingerprint density at radius 3 is 2.48 bits per heavy atom. The fraction of sp³-hybridized carbons (Fsp3) is 0.950. The maximum atomic E-state index is 13.2. The molecular formula is C20H39NOS. The lowest BCUT2D eigenvalue weighted by Gasteiger charge is -2.36. The second-order valence-corrected chi connectivity index (χ2v) is 8.69. The standard InChI is InChI=1S/C20H39NOS/c1-5-8-14-20(4,13-7-3)19(22)21-15-10-11-18(21)12-17-23-16-9-6-2/h18H,5-17H2,1-4H3/t18-,20-/m0/s1. The number of thioether (sulfide) groups is 1. The van der Waals surface area contributed by atoms with E-state index in [1.54, 1.807) is 0 Å². The number of unbranched alkanes of at least 4 members (excludes halogenated alkanes) is 2. The van der Waals surface area contributed by atoms with Crippen molar-refractivity contribution < 1.29 is 4.79 Å². The molecule has 0 aromatic rings. The summed E-state index contributed by atoms with van der Waals surface area (Å²) in [6.45, 7) is 9.91. The van der Waals surface area contributed by atoms with Crippen LogP contribution in [0, 0.1) is 5.41 Å². The van der Waals surface area contributed by atoms with Crippen LogP contribution in [0.25, 0.3) is 0 Å².